The van der Waals surface area contributed by atoms with E-state index in [1.165, 1.54) is 6.42 Å². The highest BCUT2D eigenvalue weighted by Gasteiger charge is 2.52. The van der Waals surface area contributed by atoms with E-state index >= 15 is 0 Å². The van der Waals surface area contributed by atoms with Gasteiger partial charge in [0.25, 0.3) is 0 Å². The molecule has 0 bridgehead atoms. The molecule has 16 heavy (non-hydrogen) atoms. The van der Waals surface area contributed by atoms with E-state index < -0.39 is 11.5 Å². The number of fused-ring (bicyclic) bond motifs is 1. The Morgan fingerprint density at radius 1 is 1.56 bits per heavy atom. The zero-order valence-corrected chi connectivity index (χ0v) is 9.41. The molecule has 2 fully saturated rings. The van der Waals surface area contributed by atoms with Crippen molar-refractivity contribution in [2.45, 2.75) is 37.3 Å². The van der Waals surface area contributed by atoms with Gasteiger partial charge in [0.1, 0.15) is 5.54 Å². The molecule has 0 saturated carbocycles. The first-order valence-corrected chi connectivity index (χ1v) is 5.86. The van der Waals surface area contributed by atoms with Crippen LogP contribution in [0.4, 0.5) is 0 Å². The topological polar surface area (TPSA) is 52.6 Å². The molecule has 0 amide bonds. The van der Waals surface area contributed by atoms with Crippen molar-refractivity contribution in [1.29, 1.82) is 0 Å². The van der Waals surface area contributed by atoms with Crippen molar-refractivity contribution in [3.8, 4) is 12.3 Å². The summed E-state index contributed by atoms with van der Waals surface area (Å²) >= 11 is 0. The Morgan fingerprint density at radius 2 is 2.38 bits per heavy atom. The Morgan fingerprint density at radius 3 is 3.06 bits per heavy atom. The molecule has 2 atom stereocenters. The van der Waals surface area contributed by atoms with Crippen molar-refractivity contribution in [2.24, 2.45) is 0 Å². The second-order valence-electron chi connectivity index (χ2n) is 4.63. The standard InChI is InChI=1S/C12H18N2O2/c1-2-7-13-12(11(15)16)6-9-14-8-4-3-5-10(12)14/h1,10,13H,3-9H2,(H,15,16). The van der Waals surface area contributed by atoms with Gasteiger partial charge in [0.05, 0.1) is 6.54 Å². The lowest BCUT2D eigenvalue weighted by Gasteiger charge is -2.38. The van der Waals surface area contributed by atoms with Gasteiger partial charge in [0.2, 0.25) is 0 Å². The summed E-state index contributed by atoms with van der Waals surface area (Å²) in [6, 6.07) is 0.118. The van der Waals surface area contributed by atoms with Crippen LogP contribution in [0.1, 0.15) is 25.7 Å². The molecule has 2 N–H and O–H groups in total. The summed E-state index contributed by atoms with van der Waals surface area (Å²) < 4.78 is 0. The summed E-state index contributed by atoms with van der Waals surface area (Å²) in [5, 5.41) is 12.5. The summed E-state index contributed by atoms with van der Waals surface area (Å²) in [5.41, 5.74) is -0.813. The van der Waals surface area contributed by atoms with Crippen molar-refractivity contribution in [1.82, 2.24) is 10.2 Å². The maximum Gasteiger partial charge on any atom is 0.325 e. The molecule has 2 aliphatic rings. The van der Waals surface area contributed by atoms with Crippen molar-refractivity contribution in [2.75, 3.05) is 19.6 Å². The first kappa shape index (κ1) is 11.4. The number of rotatable bonds is 3. The van der Waals surface area contributed by atoms with E-state index in [1.54, 1.807) is 0 Å². The lowest BCUT2D eigenvalue weighted by molar-refractivity contribution is -0.146. The number of terminal acetylenes is 1. The second kappa shape index (κ2) is 4.44. The molecule has 88 valence electrons. The number of piperidine rings is 1. The molecular formula is C12H18N2O2. The van der Waals surface area contributed by atoms with Crippen LogP contribution < -0.4 is 5.32 Å². The molecular weight excluding hydrogens is 204 g/mol. The number of nitrogens with zero attached hydrogens (tertiary/aromatic N) is 1. The largest absolute Gasteiger partial charge is 0.480 e. The Kier molecular flexibility index (Phi) is 3.17. The average molecular weight is 222 g/mol. The summed E-state index contributed by atoms with van der Waals surface area (Å²) in [7, 11) is 0. The van der Waals surface area contributed by atoms with Gasteiger partial charge in [-0.2, -0.15) is 0 Å². The van der Waals surface area contributed by atoms with E-state index in [4.69, 9.17) is 6.42 Å². The van der Waals surface area contributed by atoms with Crippen LogP contribution in [0.15, 0.2) is 0 Å². The van der Waals surface area contributed by atoms with Crippen LogP contribution in [0.2, 0.25) is 0 Å². The number of hydrogen-bond donors (Lipinski definition) is 2. The Hall–Kier alpha value is -1.05. The van der Waals surface area contributed by atoms with Crippen LogP contribution >= 0.6 is 0 Å². The van der Waals surface area contributed by atoms with E-state index in [1.807, 2.05) is 0 Å². The van der Waals surface area contributed by atoms with E-state index in [0.29, 0.717) is 13.0 Å². The van der Waals surface area contributed by atoms with E-state index in [9.17, 15) is 9.90 Å². The van der Waals surface area contributed by atoms with E-state index in [-0.39, 0.29) is 6.04 Å². The van der Waals surface area contributed by atoms with Gasteiger partial charge in [-0.15, -0.1) is 6.42 Å². The maximum atomic E-state index is 11.5. The van der Waals surface area contributed by atoms with Crippen LogP contribution in [0.25, 0.3) is 0 Å². The first-order valence-electron chi connectivity index (χ1n) is 5.86. The van der Waals surface area contributed by atoms with Crippen molar-refractivity contribution in [3.63, 3.8) is 0 Å². The molecule has 0 aromatic heterocycles. The Bertz CT molecular complexity index is 323. The van der Waals surface area contributed by atoms with Gasteiger partial charge in [-0.1, -0.05) is 12.3 Å². The van der Waals surface area contributed by atoms with Gasteiger partial charge in [0, 0.05) is 12.6 Å². The van der Waals surface area contributed by atoms with Crippen LogP contribution in [0, 0.1) is 12.3 Å². The molecule has 2 heterocycles. The first-order chi connectivity index (χ1) is 7.70. The van der Waals surface area contributed by atoms with Gasteiger partial charge in [0.15, 0.2) is 0 Å². The Labute approximate surface area is 96.0 Å². The van der Waals surface area contributed by atoms with Crippen LogP contribution in [0.5, 0.6) is 0 Å². The number of carbonyl (C=O) groups is 1. The fourth-order valence-corrected chi connectivity index (χ4v) is 3.04. The quantitative estimate of drug-likeness (QED) is 0.674. The van der Waals surface area contributed by atoms with E-state index in [2.05, 4.69) is 16.1 Å². The van der Waals surface area contributed by atoms with Gasteiger partial charge >= 0.3 is 5.97 Å². The minimum absolute atomic E-state index is 0.118. The number of hydrogen-bond acceptors (Lipinski definition) is 3. The average Bonchev–Trinajstić information content (AvgIpc) is 2.67. The van der Waals surface area contributed by atoms with Gasteiger partial charge in [-0.3, -0.25) is 15.0 Å². The SMILES string of the molecule is C#CCNC1(C(=O)O)CCN2CCCCC21. The van der Waals surface area contributed by atoms with Gasteiger partial charge in [-0.05, 0) is 25.8 Å². The lowest BCUT2D eigenvalue weighted by atomic mass is 9.85. The minimum atomic E-state index is -0.813. The molecule has 0 spiro atoms. The van der Waals surface area contributed by atoms with E-state index in [0.717, 1.165) is 25.9 Å². The van der Waals surface area contributed by atoms with Crippen LogP contribution in [0.3, 0.4) is 0 Å². The third-order valence-electron chi connectivity index (χ3n) is 3.86. The highest BCUT2D eigenvalue weighted by atomic mass is 16.4. The zero-order valence-electron chi connectivity index (χ0n) is 9.41. The molecule has 4 heteroatoms. The Balaban J connectivity index is 2.19. The van der Waals surface area contributed by atoms with Gasteiger partial charge < -0.3 is 5.11 Å². The highest BCUT2D eigenvalue weighted by molar-refractivity contribution is 5.80. The minimum Gasteiger partial charge on any atom is -0.480 e. The lowest BCUT2D eigenvalue weighted by Crippen LogP contribution is -2.61. The highest BCUT2D eigenvalue weighted by Crippen LogP contribution is 2.35. The van der Waals surface area contributed by atoms with Gasteiger partial charge in [-0.25, -0.2) is 0 Å². The predicted molar refractivity (Wildman–Crippen MR) is 61.0 cm³/mol. The summed E-state index contributed by atoms with van der Waals surface area (Å²) in [6.07, 6.45) is 9.14. The smallest absolute Gasteiger partial charge is 0.325 e. The zero-order chi connectivity index (χ0) is 11.6. The number of carboxylic acid groups (broad SMARTS) is 1. The molecule has 2 unspecified atom stereocenters. The monoisotopic (exact) mass is 222 g/mol. The molecule has 0 radical (unpaired) electrons. The molecule has 2 saturated heterocycles. The summed E-state index contributed by atoms with van der Waals surface area (Å²) in [4.78, 5) is 13.8. The fraction of sp³-hybridized carbons (Fsp3) is 0.750. The summed E-state index contributed by atoms with van der Waals surface area (Å²) in [5.74, 6) is 1.72. The summed E-state index contributed by atoms with van der Waals surface area (Å²) in [6.45, 7) is 2.22. The number of aliphatic carboxylic acids is 1. The van der Waals surface area contributed by atoms with Crippen molar-refractivity contribution in [3.05, 3.63) is 0 Å². The molecule has 2 aliphatic heterocycles. The number of carboxylic acids is 1. The predicted octanol–water partition coefficient (Wildman–Crippen LogP) is 0.291. The normalized spacial score (nSPS) is 34.3. The molecule has 2 rings (SSSR count). The van der Waals surface area contributed by atoms with Crippen LogP contribution in [-0.2, 0) is 4.79 Å². The van der Waals surface area contributed by atoms with Crippen molar-refractivity contribution < 1.29 is 9.90 Å². The molecule has 0 aromatic carbocycles. The second-order valence-corrected chi connectivity index (χ2v) is 4.63. The third-order valence-corrected chi connectivity index (χ3v) is 3.86. The van der Waals surface area contributed by atoms with Crippen LogP contribution in [-0.4, -0.2) is 47.2 Å². The molecule has 4 nitrogen and oxygen atoms in total. The molecule has 0 aliphatic carbocycles. The van der Waals surface area contributed by atoms with Crippen molar-refractivity contribution >= 4 is 5.97 Å². The maximum absolute atomic E-state index is 11.5. The molecule has 0 aromatic rings. The number of nitrogens with one attached hydrogen (secondary N) is 1. The third kappa shape index (κ3) is 1.70. The fourth-order valence-electron chi connectivity index (χ4n) is 3.04.